The second kappa shape index (κ2) is 6.47. The first-order chi connectivity index (χ1) is 8.92. The number of carbonyl (C=O) groups excluding carboxylic acids is 1. The van der Waals surface area contributed by atoms with E-state index in [1.807, 2.05) is 0 Å². The SMILES string of the molecule is CCN(C(=O)c1cc(F)c(N)c(F)c1)C(C)COC. The topological polar surface area (TPSA) is 55.6 Å². The first-order valence-corrected chi connectivity index (χ1v) is 5.96. The van der Waals surface area contributed by atoms with Crippen molar-refractivity contribution in [1.29, 1.82) is 0 Å². The number of ether oxygens (including phenoxy) is 1. The van der Waals surface area contributed by atoms with Gasteiger partial charge in [0.05, 0.1) is 12.6 Å². The summed E-state index contributed by atoms with van der Waals surface area (Å²) >= 11 is 0. The standard InChI is InChI=1S/C13H18F2N2O2/c1-4-17(8(2)7-19-3)13(18)9-5-10(14)12(16)11(15)6-9/h5-6,8H,4,7,16H2,1-3H3. The number of rotatable bonds is 5. The molecule has 6 heteroatoms. The molecule has 0 saturated heterocycles. The number of hydrogen-bond acceptors (Lipinski definition) is 3. The van der Waals surface area contributed by atoms with Gasteiger partial charge in [-0.05, 0) is 26.0 Å². The van der Waals surface area contributed by atoms with Gasteiger partial charge < -0.3 is 15.4 Å². The maximum absolute atomic E-state index is 13.4. The van der Waals surface area contributed by atoms with Crippen molar-refractivity contribution in [2.45, 2.75) is 19.9 Å². The Bertz CT molecular complexity index is 443. The average Bonchev–Trinajstić information content (AvgIpc) is 2.36. The molecule has 1 unspecified atom stereocenters. The number of halogens is 2. The molecule has 0 bridgehead atoms. The molecule has 2 N–H and O–H groups in total. The Labute approximate surface area is 111 Å². The van der Waals surface area contributed by atoms with Crippen LogP contribution in [-0.2, 0) is 4.74 Å². The summed E-state index contributed by atoms with van der Waals surface area (Å²) in [4.78, 5) is 13.7. The summed E-state index contributed by atoms with van der Waals surface area (Å²) in [6.45, 7) is 4.35. The van der Waals surface area contributed by atoms with Gasteiger partial charge in [0.2, 0.25) is 0 Å². The van der Waals surface area contributed by atoms with Crippen LogP contribution in [0.25, 0.3) is 0 Å². The van der Waals surface area contributed by atoms with E-state index in [-0.39, 0.29) is 11.6 Å². The first kappa shape index (κ1) is 15.4. The fraction of sp³-hybridized carbons (Fsp3) is 0.462. The highest BCUT2D eigenvalue weighted by atomic mass is 19.1. The Balaban J connectivity index is 3.04. The van der Waals surface area contributed by atoms with Crippen LogP contribution in [-0.4, -0.2) is 37.1 Å². The van der Waals surface area contributed by atoms with Gasteiger partial charge in [-0.25, -0.2) is 8.78 Å². The zero-order valence-electron chi connectivity index (χ0n) is 11.2. The Hall–Kier alpha value is -1.69. The van der Waals surface area contributed by atoms with Gasteiger partial charge in [-0.3, -0.25) is 4.79 Å². The smallest absolute Gasteiger partial charge is 0.254 e. The van der Waals surface area contributed by atoms with Crippen molar-refractivity contribution >= 4 is 11.6 Å². The van der Waals surface area contributed by atoms with Crippen LogP contribution in [0, 0.1) is 11.6 Å². The van der Waals surface area contributed by atoms with Crippen LogP contribution in [0.3, 0.4) is 0 Å². The summed E-state index contributed by atoms with van der Waals surface area (Å²) in [6, 6.07) is 1.71. The van der Waals surface area contributed by atoms with Crippen molar-refractivity contribution in [1.82, 2.24) is 4.90 Å². The summed E-state index contributed by atoms with van der Waals surface area (Å²) in [7, 11) is 1.53. The van der Waals surface area contributed by atoms with Gasteiger partial charge in [0.1, 0.15) is 17.3 Å². The van der Waals surface area contributed by atoms with Gasteiger partial charge in [0, 0.05) is 19.2 Å². The van der Waals surface area contributed by atoms with Gasteiger partial charge in [0.15, 0.2) is 0 Å². The summed E-state index contributed by atoms with van der Waals surface area (Å²) in [6.07, 6.45) is 0. The van der Waals surface area contributed by atoms with E-state index in [9.17, 15) is 13.6 Å². The molecule has 0 aromatic heterocycles. The predicted octanol–water partition coefficient (Wildman–Crippen LogP) is 2.04. The third-order valence-electron chi connectivity index (χ3n) is 2.87. The van der Waals surface area contributed by atoms with Crippen LogP contribution in [0.1, 0.15) is 24.2 Å². The minimum atomic E-state index is -0.932. The molecule has 106 valence electrons. The van der Waals surface area contributed by atoms with Crippen LogP contribution in [0.2, 0.25) is 0 Å². The number of nitrogens with two attached hydrogens (primary N) is 1. The highest BCUT2D eigenvalue weighted by Gasteiger charge is 2.22. The minimum absolute atomic E-state index is 0.0611. The van der Waals surface area contributed by atoms with E-state index in [2.05, 4.69) is 0 Å². The monoisotopic (exact) mass is 272 g/mol. The molecule has 1 aromatic carbocycles. The fourth-order valence-corrected chi connectivity index (χ4v) is 1.86. The van der Waals surface area contributed by atoms with Gasteiger partial charge >= 0.3 is 0 Å². The van der Waals surface area contributed by atoms with E-state index in [0.717, 1.165) is 12.1 Å². The number of benzene rings is 1. The Morgan fingerprint density at radius 3 is 2.37 bits per heavy atom. The molecule has 19 heavy (non-hydrogen) atoms. The van der Waals surface area contributed by atoms with Crippen LogP contribution in [0.5, 0.6) is 0 Å². The van der Waals surface area contributed by atoms with E-state index < -0.39 is 23.2 Å². The molecule has 1 amide bonds. The Morgan fingerprint density at radius 2 is 1.95 bits per heavy atom. The molecule has 0 spiro atoms. The maximum atomic E-state index is 13.4. The van der Waals surface area contributed by atoms with Gasteiger partial charge in [-0.15, -0.1) is 0 Å². The Kier molecular flexibility index (Phi) is 5.23. The molecule has 1 aromatic rings. The highest BCUT2D eigenvalue weighted by molar-refractivity contribution is 5.94. The van der Waals surface area contributed by atoms with E-state index in [0.29, 0.717) is 13.2 Å². The summed E-state index contributed by atoms with van der Waals surface area (Å²) < 4.78 is 31.7. The second-order valence-corrected chi connectivity index (χ2v) is 4.25. The summed E-state index contributed by atoms with van der Waals surface area (Å²) in [5, 5.41) is 0. The molecule has 4 nitrogen and oxygen atoms in total. The van der Waals surface area contributed by atoms with Crippen LogP contribution in [0.15, 0.2) is 12.1 Å². The van der Waals surface area contributed by atoms with Crippen molar-refractivity contribution in [2.24, 2.45) is 0 Å². The van der Waals surface area contributed by atoms with E-state index in [4.69, 9.17) is 10.5 Å². The molecule has 0 radical (unpaired) electrons. The third kappa shape index (κ3) is 3.41. The average molecular weight is 272 g/mol. The number of amides is 1. The molecule has 1 atom stereocenters. The third-order valence-corrected chi connectivity index (χ3v) is 2.87. The van der Waals surface area contributed by atoms with Gasteiger partial charge in [-0.1, -0.05) is 0 Å². The zero-order chi connectivity index (χ0) is 14.6. The number of methoxy groups -OCH3 is 1. The molecule has 0 fully saturated rings. The lowest BCUT2D eigenvalue weighted by molar-refractivity contribution is 0.0578. The first-order valence-electron chi connectivity index (χ1n) is 5.96. The summed E-state index contributed by atoms with van der Waals surface area (Å²) in [5.74, 6) is -2.32. The second-order valence-electron chi connectivity index (χ2n) is 4.25. The number of nitrogen functional groups attached to an aromatic ring is 1. The number of likely N-dealkylation sites (N-methyl/N-ethyl adjacent to an activating group) is 1. The van der Waals surface area contributed by atoms with E-state index in [1.54, 1.807) is 13.8 Å². The largest absolute Gasteiger partial charge is 0.394 e. The number of carbonyl (C=O) groups is 1. The normalized spacial score (nSPS) is 12.3. The van der Waals surface area contributed by atoms with Crippen molar-refractivity contribution in [3.8, 4) is 0 Å². The molecule has 0 aliphatic rings. The summed E-state index contributed by atoms with van der Waals surface area (Å²) in [5.41, 5.74) is 4.53. The van der Waals surface area contributed by atoms with Crippen LogP contribution < -0.4 is 5.73 Å². The number of anilines is 1. The Morgan fingerprint density at radius 1 is 1.42 bits per heavy atom. The van der Waals surface area contributed by atoms with Crippen molar-refractivity contribution in [3.05, 3.63) is 29.3 Å². The maximum Gasteiger partial charge on any atom is 0.254 e. The lowest BCUT2D eigenvalue weighted by atomic mass is 10.1. The van der Waals surface area contributed by atoms with E-state index in [1.165, 1.54) is 12.0 Å². The molecule has 1 rings (SSSR count). The van der Waals surface area contributed by atoms with Crippen molar-refractivity contribution < 1.29 is 18.3 Å². The zero-order valence-corrected chi connectivity index (χ0v) is 11.2. The predicted molar refractivity (Wildman–Crippen MR) is 68.8 cm³/mol. The fourth-order valence-electron chi connectivity index (χ4n) is 1.86. The lowest BCUT2D eigenvalue weighted by Gasteiger charge is -2.27. The molecule has 0 saturated carbocycles. The molecule has 0 aliphatic heterocycles. The number of hydrogen-bond donors (Lipinski definition) is 1. The van der Waals surface area contributed by atoms with E-state index >= 15 is 0 Å². The van der Waals surface area contributed by atoms with Crippen LogP contribution in [0.4, 0.5) is 14.5 Å². The quantitative estimate of drug-likeness (QED) is 0.835. The van der Waals surface area contributed by atoms with Gasteiger partial charge in [-0.2, -0.15) is 0 Å². The molecular weight excluding hydrogens is 254 g/mol. The molecular formula is C13H18F2N2O2. The van der Waals surface area contributed by atoms with Crippen molar-refractivity contribution in [3.63, 3.8) is 0 Å². The highest BCUT2D eigenvalue weighted by Crippen LogP contribution is 2.19. The minimum Gasteiger partial charge on any atom is -0.394 e. The van der Waals surface area contributed by atoms with Gasteiger partial charge in [0.25, 0.3) is 5.91 Å². The molecule has 0 aliphatic carbocycles. The lowest BCUT2D eigenvalue weighted by Crippen LogP contribution is -2.41. The molecule has 0 heterocycles. The number of nitrogens with zero attached hydrogens (tertiary/aromatic N) is 1. The van der Waals surface area contributed by atoms with Crippen molar-refractivity contribution in [2.75, 3.05) is 26.0 Å². The van der Waals surface area contributed by atoms with Crippen LogP contribution >= 0.6 is 0 Å².